The van der Waals surface area contributed by atoms with Crippen LogP contribution in [0.25, 0.3) is 22.1 Å². The van der Waals surface area contributed by atoms with Crippen LogP contribution in [0, 0.1) is 6.92 Å². The second kappa shape index (κ2) is 8.70. The fourth-order valence-corrected chi connectivity index (χ4v) is 4.03. The summed E-state index contributed by atoms with van der Waals surface area (Å²) in [5.74, 6) is 2.39. The van der Waals surface area contributed by atoms with Gasteiger partial charge in [-0.15, -0.1) is 0 Å². The number of aryl methyl sites for hydroxylation is 2. The number of nitrogens with zero attached hydrogens (tertiary/aromatic N) is 7. The molecule has 0 bridgehead atoms. The van der Waals surface area contributed by atoms with Gasteiger partial charge < -0.3 is 19.4 Å². The minimum absolute atomic E-state index is 0.284. The lowest BCUT2D eigenvalue weighted by molar-refractivity contribution is 0.278. The van der Waals surface area contributed by atoms with Crippen molar-refractivity contribution in [3.8, 4) is 11.5 Å². The quantitative estimate of drug-likeness (QED) is 0.356. The SMILES string of the molecule is Cc1cc(Nc2ncnc3cnc(NC4=NC(C)(C)CO4)nc23)ccc1Oc1ccc2c(c1)ncn2C. The number of amidine groups is 1. The summed E-state index contributed by atoms with van der Waals surface area (Å²) in [6.45, 7) is 6.48. The van der Waals surface area contributed by atoms with Crippen LogP contribution in [0.1, 0.15) is 19.4 Å². The molecule has 0 radical (unpaired) electrons. The molecule has 4 heterocycles. The molecule has 0 saturated carbocycles. The van der Waals surface area contributed by atoms with Crippen LogP contribution in [0.4, 0.5) is 17.5 Å². The second-order valence-electron chi connectivity index (χ2n) is 9.51. The fraction of sp³-hybridized carbons (Fsp3) is 0.231. The maximum Gasteiger partial charge on any atom is 0.292 e. The molecule has 0 saturated heterocycles. The molecule has 186 valence electrons. The van der Waals surface area contributed by atoms with Gasteiger partial charge in [0.15, 0.2) is 5.82 Å². The predicted molar refractivity (Wildman–Crippen MR) is 141 cm³/mol. The number of aliphatic imine (C=N–C) groups is 1. The van der Waals surface area contributed by atoms with Crippen molar-refractivity contribution in [1.82, 2.24) is 29.5 Å². The maximum absolute atomic E-state index is 6.14. The van der Waals surface area contributed by atoms with Crippen molar-refractivity contribution in [2.24, 2.45) is 12.0 Å². The number of fused-ring (bicyclic) bond motifs is 2. The van der Waals surface area contributed by atoms with E-state index >= 15 is 0 Å². The highest BCUT2D eigenvalue weighted by molar-refractivity contribution is 5.91. The summed E-state index contributed by atoms with van der Waals surface area (Å²) in [5, 5.41) is 6.37. The van der Waals surface area contributed by atoms with E-state index in [4.69, 9.17) is 9.47 Å². The summed E-state index contributed by atoms with van der Waals surface area (Å²) in [4.78, 5) is 26.5. The average molecular weight is 496 g/mol. The molecule has 11 heteroatoms. The number of benzene rings is 2. The van der Waals surface area contributed by atoms with Crippen LogP contribution in [-0.2, 0) is 11.8 Å². The summed E-state index contributed by atoms with van der Waals surface area (Å²) in [7, 11) is 1.97. The molecule has 0 amide bonds. The number of aromatic nitrogens is 6. The van der Waals surface area contributed by atoms with E-state index < -0.39 is 0 Å². The third kappa shape index (κ3) is 4.58. The number of rotatable bonds is 5. The second-order valence-corrected chi connectivity index (χ2v) is 9.51. The van der Waals surface area contributed by atoms with Gasteiger partial charge in [-0.2, -0.15) is 0 Å². The molecule has 3 aromatic heterocycles. The Hall–Kier alpha value is -4.80. The lowest BCUT2D eigenvalue weighted by atomic mass is 10.1. The van der Waals surface area contributed by atoms with Crippen LogP contribution in [0.3, 0.4) is 0 Å². The molecular formula is C26H25N9O2. The van der Waals surface area contributed by atoms with E-state index in [9.17, 15) is 0 Å². The van der Waals surface area contributed by atoms with E-state index in [-0.39, 0.29) is 5.54 Å². The highest BCUT2D eigenvalue weighted by Gasteiger charge is 2.26. The minimum atomic E-state index is -0.284. The smallest absolute Gasteiger partial charge is 0.292 e. The Kier molecular flexibility index (Phi) is 5.32. The van der Waals surface area contributed by atoms with Gasteiger partial charge in [0.1, 0.15) is 35.5 Å². The standard InChI is InChI=1S/C26H25N9O2/c1-15-9-16(5-8-21(15)37-17-6-7-20-18(10-17)30-14-35(20)4)31-23-22-19(28-13-29-23)11-27-24(32-22)33-25-34-26(2,3)12-36-25/h5-11,13-14H,12H2,1-4H3,(H,28,29,31)(H,27,32,33,34). The third-order valence-electron chi connectivity index (χ3n) is 5.92. The zero-order valence-corrected chi connectivity index (χ0v) is 20.9. The first-order valence-electron chi connectivity index (χ1n) is 11.8. The minimum Gasteiger partial charge on any atom is -0.462 e. The first-order chi connectivity index (χ1) is 17.8. The highest BCUT2D eigenvalue weighted by Crippen LogP contribution is 2.31. The molecule has 5 aromatic rings. The van der Waals surface area contributed by atoms with Gasteiger partial charge in [0, 0.05) is 18.8 Å². The maximum atomic E-state index is 6.14. The first-order valence-corrected chi connectivity index (χ1v) is 11.8. The van der Waals surface area contributed by atoms with Gasteiger partial charge in [-0.05, 0) is 56.7 Å². The van der Waals surface area contributed by atoms with E-state index in [2.05, 4.69) is 40.5 Å². The van der Waals surface area contributed by atoms with Crippen LogP contribution in [0.5, 0.6) is 11.5 Å². The summed E-state index contributed by atoms with van der Waals surface area (Å²) >= 11 is 0. The number of nitrogens with one attached hydrogen (secondary N) is 2. The summed E-state index contributed by atoms with van der Waals surface area (Å²) in [6, 6.07) is 12.1. The molecule has 6 rings (SSSR count). The molecular weight excluding hydrogens is 470 g/mol. The van der Waals surface area contributed by atoms with Crippen molar-refractivity contribution < 1.29 is 9.47 Å². The molecule has 2 N–H and O–H groups in total. The van der Waals surface area contributed by atoms with Gasteiger partial charge in [0.05, 0.1) is 29.1 Å². The normalized spacial score (nSPS) is 14.4. The summed E-state index contributed by atoms with van der Waals surface area (Å²) < 4.78 is 13.7. The number of anilines is 3. The number of imidazole rings is 1. The van der Waals surface area contributed by atoms with E-state index in [1.807, 2.05) is 68.8 Å². The monoisotopic (exact) mass is 495 g/mol. The molecule has 37 heavy (non-hydrogen) atoms. The fourth-order valence-electron chi connectivity index (χ4n) is 4.03. The van der Waals surface area contributed by atoms with Gasteiger partial charge in [0.25, 0.3) is 6.02 Å². The van der Waals surface area contributed by atoms with Crippen molar-refractivity contribution in [2.45, 2.75) is 26.3 Å². The molecule has 0 spiro atoms. The Labute approximate surface area is 212 Å². The zero-order chi connectivity index (χ0) is 25.6. The van der Waals surface area contributed by atoms with Crippen molar-refractivity contribution in [3.63, 3.8) is 0 Å². The largest absolute Gasteiger partial charge is 0.462 e. The highest BCUT2D eigenvalue weighted by atomic mass is 16.5. The molecule has 0 atom stereocenters. The van der Waals surface area contributed by atoms with Crippen LogP contribution < -0.4 is 15.4 Å². The lowest BCUT2D eigenvalue weighted by Gasteiger charge is -2.12. The van der Waals surface area contributed by atoms with Gasteiger partial charge in [-0.3, -0.25) is 5.32 Å². The van der Waals surface area contributed by atoms with Gasteiger partial charge >= 0.3 is 0 Å². The number of ether oxygens (including phenoxy) is 2. The zero-order valence-electron chi connectivity index (χ0n) is 20.9. The first kappa shape index (κ1) is 22.7. The lowest BCUT2D eigenvalue weighted by Crippen LogP contribution is -2.17. The van der Waals surface area contributed by atoms with Crippen LogP contribution in [0.2, 0.25) is 0 Å². The molecule has 2 aromatic carbocycles. The summed E-state index contributed by atoms with van der Waals surface area (Å²) in [5.41, 5.74) is 4.63. The number of hydrogen-bond donors (Lipinski definition) is 2. The van der Waals surface area contributed by atoms with E-state index in [1.165, 1.54) is 6.33 Å². The third-order valence-corrected chi connectivity index (χ3v) is 5.92. The summed E-state index contributed by atoms with van der Waals surface area (Å²) in [6.07, 6.45) is 4.91. The molecule has 1 aliphatic heterocycles. The number of hydrogen-bond acceptors (Lipinski definition) is 10. The van der Waals surface area contributed by atoms with Crippen molar-refractivity contribution in [3.05, 3.63) is 60.8 Å². The predicted octanol–water partition coefficient (Wildman–Crippen LogP) is 4.73. The average Bonchev–Trinajstić information content (AvgIpc) is 3.41. The Morgan fingerprint density at radius 3 is 2.70 bits per heavy atom. The van der Waals surface area contributed by atoms with Crippen molar-refractivity contribution in [1.29, 1.82) is 0 Å². The topological polar surface area (TPSA) is 124 Å². The Bertz CT molecular complexity index is 1680. The Balaban J connectivity index is 1.23. The molecule has 0 aliphatic carbocycles. The van der Waals surface area contributed by atoms with Crippen LogP contribution in [0.15, 0.2) is 60.2 Å². The van der Waals surface area contributed by atoms with Crippen LogP contribution in [-0.4, -0.2) is 47.7 Å². The van der Waals surface area contributed by atoms with Gasteiger partial charge in [0.2, 0.25) is 5.95 Å². The molecule has 0 fully saturated rings. The Morgan fingerprint density at radius 1 is 1.00 bits per heavy atom. The molecule has 1 aliphatic rings. The van der Waals surface area contributed by atoms with E-state index in [1.54, 1.807) is 12.5 Å². The molecule has 11 nitrogen and oxygen atoms in total. The van der Waals surface area contributed by atoms with Crippen LogP contribution >= 0.6 is 0 Å². The van der Waals surface area contributed by atoms with Crippen molar-refractivity contribution in [2.75, 3.05) is 17.2 Å². The van der Waals surface area contributed by atoms with E-state index in [0.29, 0.717) is 35.4 Å². The Morgan fingerprint density at radius 2 is 1.89 bits per heavy atom. The van der Waals surface area contributed by atoms with E-state index in [0.717, 1.165) is 33.8 Å². The van der Waals surface area contributed by atoms with Gasteiger partial charge in [-0.25, -0.2) is 29.9 Å². The molecule has 0 unspecified atom stereocenters. The van der Waals surface area contributed by atoms with Crippen molar-refractivity contribution >= 4 is 45.5 Å². The van der Waals surface area contributed by atoms with Gasteiger partial charge in [-0.1, -0.05) is 0 Å².